The third-order valence-corrected chi connectivity index (χ3v) is 3.33. The Labute approximate surface area is 128 Å². The molecule has 1 aliphatic rings. The maximum Gasteiger partial charge on any atom is 0.219 e. The first-order valence-corrected chi connectivity index (χ1v) is 7.08. The summed E-state index contributed by atoms with van der Waals surface area (Å²) in [4.78, 5) is 10.7. The predicted molar refractivity (Wildman–Crippen MR) is 82.5 cm³/mol. The lowest BCUT2D eigenvalue weighted by atomic mass is 10.3. The van der Waals surface area contributed by atoms with Gasteiger partial charge in [0.25, 0.3) is 0 Å². The molecule has 6 heteroatoms. The van der Waals surface area contributed by atoms with Gasteiger partial charge in [-0.1, -0.05) is 12.1 Å². The number of nitrogens with zero attached hydrogens (tertiary/aromatic N) is 3. The summed E-state index contributed by atoms with van der Waals surface area (Å²) in [5, 5.41) is 3.27. The van der Waals surface area contributed by atoms with E-state index in [9.17, 15) is 4.39 Å². The quantitative estimate of drug-likeness (QED) is 0.942. The number of guanidine groups is 1. The zero-order valence-electron chi connectivity index (χ0n) is 12.3. The van der Waals surface area contributed by atoms with Gasteiger partial charge in [-0.3, -0.25) is 4.99 Å². The SMILES string of the molecule is CN1CCN=C1NCc1ccc(Oc2cccc(F)c2)nc1. The summed E-state index contributed by atoms with van der Waals surface area (Å²) in [6, 6.07) is 9.67. The molecular formula is C16H17FN4O. The fourth-order valence-corrected chi connectivity index (χ4v) is 2.13. The third-order valence-electron chi connectivity index (χ3n) is 3.33. The molecule has 1 N–H and O–H groups in total. The molecule has 1 aromatic heterocycles. The van der Waals surface area contributed by atoms with Crippen molar-refractivity contribution < 1.29 is 9.13 Å². The van der Waals surface area contributed by atoms with Gasteiger partial charge in [0, 0.05) is 38.5 Å². The minimum atomic E-state index is -0.334. The number of ether oxygens (including phenoxy) is 1. The summed E-state index contributed by atoms with van der Waals surface area (Å²) in [6.45, 7) is 2.43. The molecule has 22 heavy (non-hydrogen) atoms. The molecule has 5 nitrogen and oxygen atoms in total. The van der Waals surface area contributed by atoms with Crippen molar-refractivity contribution in [1.29, 1.82) is 0 Å². The van der Waals surface area contributed by atoms with E-state index in [2.05, 4.69) is 20.2 Å². The Bertz CT molecular complexity index is 672. The molecular weight excluding hydrogens is 283 g/mol. The molecule has 3 rings (SSSR count). The van der Waals surface area contributed by atoms with Gasteiger partial charge in [-0.05, 0) is 17.7 Å². The Morgan fingerprint density at radius 3 is 2.91 bits per heavy atom. The molecule has 114 valence electrons. The van der Waals surface area contributed by atoms with E-state index in [0.717, 1.165) is 24.6 Å². The predicted octanol–water partition coefficient (Wildman–Crippen LogP) is 2.40. The molecule has 0 bridgehead atoms. The highest BCUT2D eigenvalue weighted by molar-refractivity contribution is 5.81. The molecule has 0 aliphatic carbocycles. The van der Waals surface area contributed by atoms with Gasteiger partial charge in [0.2, 0.25) is 5.88 Å². The largest absolute Gasteiger partial charge is 0.439 e. The van der Waals surface area contributed by atoms with E-state index in [1.165, 1.54) is 12.1 Å². The highest BCUT2D eigenvalue weighted by atomic mass is 19.1. The second kappa shape index (κ2) is 6.43. The second-order valence-corrected chi connectivity index (χ2v) is 5.04. The number of hydrogen-bond acceptors (Lipinski definition) is 5. The molecule has 0 saturated heterocycles. The van der Waals surface area contributed by atoms with Crippen molar-refractivity contribution in [2.45, 2.75) is 6.54 Å². The van der Waals surface area contributed by atoms with Crippen molar-refractivity contribution in [3.05, 3.63) is 54.0 Å². The summed E-state index contributed by atoms with van der Waals surface area (Å²) >= 11 is 0. The molecule has 2 aromatic rings. The molecule has 0 unspecified atom stereocenters. The van der Waals surface area contributed by atoms with Crippen LogP contribution >= 0.6 is 0 Å². The Balaban J connectivity index is 1.58. The van der Waals surface area contributed by atoms with Crippen molar-refractivity contribution in [2.75, 3.05) is 20.1 Å². The first kappa shape index (κ1) is 14.3. The van der Waals surface area contributed by atoms with Gasteiger partial charge in [-0.15, -0.1) is 0 Å². The molecule has 0 fully saturated rings. The molecule has 0 amide bonds. The Morgan fingerprint density at radius 2 is 2.23 bits per heavy atom. The monoisotopic (exact) mass is 300 g/mol. The van der Waals surface area contributed by atoms with E-state index < -0.39 is 0 Å². The zero-order chi connectivity index (χ0) is 15.4. The minimum Gasteiger partial charge on any atom is -0.439 e. The van der Waals surface area contributed by atoms with Crippen LogP contribution in [0.1, 0.15) is 5.56 Å². The standard InChI is InChI=1S/C16H17FN4O/c1-21-8-7-18-16(21)20-11-12-5-6-15(19-10-12)22-14-4-2-3-13(17)9-14/h2-6,9-10H,7-8,11H2,1H3,(H,18,20). The van der Waals surface area contributed by atoms with Gasteiger partial charge >= 0.3 is 0 Å². The second-order valence-electron chi connectivity index (χ2n) is 5.04. The Hall–Kier alpha value is -2.63. The van der Waals surface area contributed by atoms with E-state index in [1.807, 2.05) is 13.1 Å². The van der Waals surface area contributed by atoms with E-state index in [4.69, 9.17) is 4.74 Å². The number of likely N-dealkylation sites (N-methyl/N-ethyl adjacent to an activating group) is 1. The molecule has 0 radical (unpaired) electrons. The van der Waals surface area contributed by atoms with Gasteiger partial charge in [-0.2, -0.15) is 0 Å². The van der Waals surface area contributed by atoms with Crippen LogP contribution in [0.25, 0.3) is 0 Å². The number of aromatic nitrogens is 1. The lowest BCUT2D eigenvalue weighted by Gasteiger charge is -2.15. The number of pyridine rings is 1. The van der Waals surface area contributed by atoms with Gasteiger partial charge in [-0.25, -0.2) is 9.37 Å². The molecule has 1 aromatic carbocycles. The van der Waals surface area contributed by atoms with Gasteiger partial charge < -0.3 is 15.0 Å². The van der Waals surface area contributed by atoms with Crippen LogP contribution in [0, 0.1) is 5.82 Å². The number of nitrogens with one attached hydrogen (secondary N) is 1. The number of benzene rings is 1. The van der Waals surface area contributed by atoms with Gasteiger partial charge in [0.15, 0.2) is 5.96 Å². The van der Waals surface area contributed by atoms with E-state index in [1.54, 1.807) is 24.4 Å². The van der Waals surface area contributed by atoms with Crippen molar-refractivity contribution in [3.63, 3.8) is 0 Å². The molecule has 0 spiro atoms. The van der Waals surface area contributed by atoms with Crippen molar-refractivity contribution in [2.24, 2.45) is 4.99 Å². The van der Waals surface area contributed by atoms with E-state index >= 15 is 0 Å². The van der Waals surface area contributed by atoms with Crippen molar-refractivity contribution >= 4 is 5.96 Å². The van der Waals surface area contributed by atoms with Crippen LogP contribution in [0.4, 0.5) is 4.39 Å². The number of rotatable bonds is 4. The first-order valence-electron chi connectivity index (χ1n) is 7.08. The minimum absolute atomic E-state index is 0.334. The van der Waals surface area contributed by atoms with Crippen LogP contribution in [0.2, 0.25) is 0 Å². The molecule has 0 saturated carbocycles. The van der Waals surface area contributed by atoms with Crippen LogP contribution in [-0.2, 0) is 6.54 Å². The highest BCUT2D eigenvalue weighted by Crippen LogP contribution is 2.19. The lowest BCUT2D eigenvalue weighted by molar-refractivity contribution is 0.457. The van der Waals surface area contributed by atoms with Crippen LogP contribution in [-0.4, -0.2) is 36.0 Å². The number of aliphatic imine (C=N–C) groups is 1. The highest BCUT2D eigenvalue weighted by Gasteiger charge is 2.11. The Kier molecular flexibility index (Phi) is 4.18. The van der Waals surface area contributed by atoms with Gasteiger partial charge in [0.1, 0.15) is 11.6 Å². The summed E-state index contributed by atoms with van der Waals surface area (Å²) in [5.74, 6) is 1.44. The summed E-state index contributed by atoms with van der Waals surface area (Å²) in [7, 11) is 2.01. The van der Waals surface area contributed by atoms with Gasteiger partial charge in [0.05, 0.1) is 6.54 Å². The average Bonchev–Trinajstić information content (AvgIpc) is 2.92. The smallest absolute Gasteiger partial charge is 0.219 e. The van der Waals surface area contributed by atoms with Crippen LogP contribution < -0.4 is 10.1 Å². The third kappa shape index (κ3) is 3.52. The molecule has 1 aliphatic heterocycles. The molecule has 0 atom stereocenters. The van der Waals surface area contributed by atoms with E-state index in [0.29, 0.717) is 18.2 Å². The Morgan fingerprint density at radius 1 is 1.32 bits per heavy atom. The topological polar surface area (TPSA) is 49.8 Å². The average molecular weight is 300 g/mol. The summed E-state index contributed by atoms with van der Waals surface area (Å²) in [6.07, 6.45) is 1.73. The maximum atomic E-state index is 13.1. The lowest BCUT2D eigenvalue weighted by Crippen LogP contribution is -2.35. The first-order chi connectivity index (χ1) is 10.7. The van der Waals surface area contributed by atoms with Crippen molar-refractivity contribution in [1.82, 2.24) is 15.2 Å². The maximum absolute atomic E-state index is 13.1. The number of hydrogen-bond donors (Lipinski definition) is 1. The van der Waals surface area contributed by atoms with Crippen LogP contribution in [0.5, 0.6) is 11.6 Å². The summed E-state index contributed by atoms with van der Waals surface area (Å²) < 4.78 is 18.6. The van der Waals surface area contributed by atoms with Crippen molar-refractivity contribution in [3.8, 4) is 11.6 Å². The van der Waals surface area contributed by atoms with Crippen LogP contribution in [0.3, 0.4) is 0 Å². The fraction of sp³-hybridized carbons (Fsp3) is 0.250. The normalized spacial score (nSPS) is 13.9. The zero-order valence-corrected chi connectivity index (χ0v) is 12.3. The molecule has 2 heterocycles. The summed E-state index contributed by atoms with van der Waals surface area (Å²) in [5.41, 5.74) is 1.02. The number of halogens is 1. The van der Waals surface area contributed by atoms with Crippen LogP contribution in [0.15, 0.2) is 47.6 Å². The fourth-order valence-electron chi connectivity index (χ4n) is 2.13. The van der Waals surface area contributed by atoms with E-state index in [-0.39, 0.29) is 5.82 Å².